The van der Waals surface area contributed by atoms with E-state index in [1.165, 1.54) is 0 Å². The van der Waals surface area contributed by atoms with Crippen molar-refractivity contribution in [2.24, 2.45) is 10.9 Å². The van der Waals surface area contributed by atoms with Gasteiger partial charge in [0.15, 0.2) is 5.84 Å². The lowest BCUT2D eigenvalue weighted by molar-refractivity contribution is -0.00461. The van der Waals surface area contributed by atoms with Crippen LogP contribution in [0, 0.1) is 0 Å². The van der Waals surface area contributed by atoms with Crippen molar-refractivity contribution in [3.8, 4) is 0 Å². The number of oxime groups is 1. The summed E-state index contributed by atoms with van der Waals surface area (Å²) in [6, 6.07) is 3.59. The molecule has 2 atom stereocenters. The fourth-order valence-electron chi connectivity index (χ4n) is 2.17. The Morgan fingerprint density at radius 2 is 2.00 bits per heavy atom. The van der Waals surface area contributed by atoms with Crippen molar-refractivity contribution in [1.82, 2.24) is 4.98 Å². The molecule has 0 aliphatic carbocycles. The molecule has 0 saturated carbocycles. The van der Waals surface area contributed by atoms with E-state index in [2.05, 4.69) is 15.0 Å². The maximum absolute atomic E-state index is 8.59. The summed E-state index contributed by atoms with van der Waals surface area (Å²) in [5, 5.41) is 11.5. The number of rotatable bonds is 4. The van der Waals surface area contributed by atoms with Crippen LogP contribution < -0.4 is 10.6 Å². The number of nitrogens with two attached hydrogens (primary N) is 1. The van der Waals surface area contributed by atoms with E-state index in [0.717, 1.165) is 18.9 Å². The highest BCUT2D eigenvalue weighted by Gasteiger charge is 2.33. The van der Waals surface area contributed by atoms with E-state index >= 15 is 0 Å². The summed E-state index contributed by atoms with van der Waals surface area (Å²) in [5.41, 5.74) is 6.07. The van der Waals surface area contributed by atoms with Crippen LogP contribution in [0.3, 0.4) is 0 Å². The molecule has 1 aromatic heterocycles. The molecule has 1 fully saturated rings. The quantitative estimate of drug-likeness (QED) is 0.345. The maximum atomic E-state index is 8.59. The minimum absolute atomic E-state index is 0.0375. The topological polar surface area (TPSA) is 93.2 Å². The van der Waals surface area contributed by atoms with E-state index in [1.54, 1.807) is 26.5 Å². The van der Waals surface area contributed by atoms with Crippen LogP contribution in [0.4, 0.5) is 5.82 Å². The van der Waals surface area contributed by atoms with Gasteiger partial charge in [-0.2, -0.15) is 0 Å². The molecular formula is C12H18N4O3. The third-order valence-corrected chi connectivity index (χ3v) is 3.30. The van der Waals surface area contributed by atoms with Gasteiger partial charge in [0, 0.05) is 39.1 Å². The molecule has 7 heteroatoms. The summed E-state index contributed by atoms with van der Waals surface area (Å²) in [5.74, 6) is 0.862. The summed E-state index contributed by atoms with van der Waals surface area (Å²) in [7, 11) is 3.35. The number of aromatic nitrogens is 1. The molecule has 1 aromatic rings. The minimum atomic E-state index is 0.0375. The van der Waals surface area contributed by atoms with Crippen molar-refractivity contribution in [3.63, 3.8) is 0 Å². The highest BCUT2D eigenvalue weighted by Crippen LogP contribution is 2.21. The Morgan fingerprint density at radius 1 is 1.37 bits per heavy atom. The number of hydrogen-bond acceptors (Lipinski definition) is 6. The van der Waals surface area contributed by atoms with E-state index in [-0.39, 0.29) is 18.0 Å². The molecule has 7 nitrogen and oxygen atoms in total. The number of amidine groups is 1. The largest absolute Gasteiger partial charge is 0.409 e. The summed E-state index contributed by atoms with van der Waals surface area (Å²) in [6.07, 6.45) is 1.65. The van der Waals surface area contributed by atoms with E-state index in [0.29, 0.717) is 5.56 Å². The van der Waals surface area contributed by atoms with Crippen molar-refractivity contribution in [2.75, 3.05) is 32.2 Å². The van der Waals surface area contributed by atoms with Crippen LogP contribution in [0.5, 0.6) is 0 Å². The second kappa shape index (κ2) is 5.85. The zero-order chi connectivity index (χ0) is 13.8. The monoisotopic (exact) mass is 266 g/mol. The van der Waals surface area contributed by atoms with Crippen molar-refractivity contribution < 1.29 is 14.7 Å². The first-order valence-corrected chi connectivity index (χ1v) is 5.94. The maximum Gasteiger partial charge on any atom is 0.171 e. The van der Waals surface area contributed by atoms with Gasteiger partial charge in [-0.05, 0) is 12.1 Å². The third kappa shape index (κ3) is 2.77. The molecule has 1 aliphatic rings. The Kier molecular flexibility index (Phi) is 4.18. The van der Waals surface area contributed by atoms with Gasteiger partial charge in [-0.3, -0.25) is 0 Å². The van der Waals surface area contributed by atoms with Gasteiger partial charge in [0.05, 0.1) is 0 Å². The lowest BCUT2D eigenvalue weighted by Gasteiger charge is -2.16. The normalized spacial score (nSPS) is 23.9. The molecule has 0 spiro atoms. The van der Waals surface area contributed by atoms with Crippen molar-refractivity contribution >= 4 is 11.7 Å². The van der Waals surface area contributed by atoms with E-state index in [9.17, 15) is 0 Å². The Morgan fingerprint density at radius 3 is 2.42 bits per heavy atom. The highest BCUT2D eigenvalue weighted by atomic mass is 16.5. The molecule has 0 radical (unpaired) electrons. The summed E-state index contributed by atoms with van der Waals surface area (Å²) < 4.78 is 10.8. The third-order valence-electron chi connectivity index (χ3n) is 3.30. The van der Waals surface area contributed by atoms with Crippen molar-refractivity contribution in [3.05, 3.63) is 23.9 Å². The summed E-state index contributed by atoms with van der Waals surface area (Å²) >= 11 is 0. The minimum Gasteiger partial charge on any atom is -0.409 e. The van der Waals surface area contributed by atoms with Gasteiger partial charge in [0.1, 0.15) is 18.0 Å². The van der Waals surface area contributed by atoms with Gasteiger partial charge in [0.25, 0.3) is 0 Å². The van der Waals surface area contributed by atoms with Crippen LogP contribution in [0.15, 0.2) is 23.5 Å². The van der Waals surface area contributed by atoms with Gasteiger partial charge >= 0.3 is 0 Å². The zero-order valence-corrected chi connectivity index (χ0v) is 11.0. The van der Waals surface area contributed by atoms with E-state index in [4.69, 9.17) is 20.4 Å². The van der Waals surface area contributed by atoms with E-state index < -0.39 is 0 Å². The highest BCUT2D eigenvalue weighted by molar-refractivity contribution is 5.96. The van der Waals surface area contributed by atoms with Crippen LogP contribution in [-0.4, -0.2) is 55.5 Å². The first-order chi connectivity index (χ1) is 9.19. The average molecular weight is 266 g/mol. The fraction of sp³-hybridized carbons (Fsp3) is 0.500. The molecule has 1 aliphatic heterocycles. The lowest BCUT2D eigenvalue weighted by Crippen LogP contribution is -2.27. The van der Waals surface area contributed by atoms with E-state index in [1.807, 2.05) is 6.07 Å². The molecule has 19 heavy (non-hydrogen) atoms. The second-order valence-corrected chi connectivity index (χ2v) is 4.34. The number of anilines is 1. The SMILES string of the molecule is COC1CN(c2ccc(/C(N)=N/O)cn2)CC1OC. The Balaban J connectivity index is 2.11. The van der Waals surface area contributed by atoms with Gasteiger partial charge in [-0.1, -0.05) is 5.16 Å². The zero-order valence-electron chi connectivity index (χ0n) is 11.0. The fourth-order valence-corrected chi connectivity index (χ4v) is 2.17. The Hall–Kier alpha value is -1.86. The number of nitrogens with zero attached hydrogens (tertiary/aromatic N) is 3. The summed E-state index contributed by atoms with van der Waals surface area (Å²) in [4.78, 5) is 6.39. The lowest BCUT2D eigenvalue weighted by atomic mass is 10.2. The van der Waals surface area contributed by atoms with Crippen LogP contribution in [0.1, 0.15) is 5.56 Å². The van der Waals surface area contributed by atoms with Gasteiger partial charge in [-0.15, -0.1) is 0 Å². The van der Waals surface area contributed by atoms with Gasteiger partial charge < -0.3 is 25.3 Å². The molecule has 0 aromatic carbocycles. The Bertz CT molecular complexity index is 437. The van der Waals surface area contributed by atoms with Crippen LogP contribution in [0.25, 0.3) is 0 Å². The summed E-state index contributed by atoms with van der Waals surface area (Å²) in [6.45, 7) is 1.45. The predicted octanol–water partition coefficient (Wildman–Crippen LogP) is 0.0261. The van der Waals surface area contributed by atoms with Crippen molar-refractivity contribution in [2.45, 2.75) is 12.2 Å². The predicted molar refractivity (Wildman–Crippen MR) is 70.6 cm³/mol. The number of pyridine rings is 1. The smallest absolute Gasteiger partial charge is 0.171 e. The molecule has 2 heterocycles. The van der Waals surface area contributed by atoms with Crippen LogP contribution in [-0.2, 0) is 9.47 Å². The second-order valence-electron chi connectivity index (χ2n) is 4.34. The molecular weight excluding hydrogens is 248 g/mol. The molecule has 1 saturated heterocycles. The number of ether oxygens (including phenoxy) is 2. The Labute approximate surface area is 111 Å². The van der Waals surface area contributed by atoms with Crippen molar-refractivity contribution in [1.29, 1.82) is 0 Å². The standard InChI is InChI=1S/C12H18N4O3/c1-18-9-6-16(7-10(9)19-2)11-4-3-8(5-14-11)12(13)15-17/h3-5,9-10,17H,6-7H2,1-2H3,(H2,13,15). The van der Waals surface area contributed by atoms with Crippen LogP contribution in [0.2, 0.25) is 0 Å². The molecule has 0 bridgehead atoms. The van der Waals surface area contributed by atoms with Gasteiger partial charge in [-0.25, -0.2) is 4.98 Å². The average Bonchev–Trinajstić information content (AvgIpc) is 2.89. The molecule has 0 amide bonds. The van der Waals surface area contributed by atoms with Gasteiger partial charge in [0.2, 0.25) is 0 Å². The first-order valence-electron chi connectivity index (χ1n) is 5.94. The molecule has 104 valence electrons. The first kappa shape index (κ1) is 13.6. The number of hydrogen-bond donors (Lipinski definition) is 2. The van der Waals surface area contributed by atoms with Crippen LogP contribution >= 0.6 is 0 Å². The number of methoxy groups -OCH3 is 2. The molecule has 3 N–H and O–H groups in total. The molecule has 2 rings (SSSR count). The molecule has 2 unspecified atom stereocenters.